The largest absolute Gasteiger partial charge is 0.290 e. The molecule has 0 aromatic rings. The maximum atomic E-state index is 4.71. The summed E-state index contributed by atoms with van der Waals surface area (Å²) >= 11 is 1.87. The van der Waals surface area contributed by atoms with E-state index in [-0.39, 0.29) is 5.41 Å². The monoisotopic (exact) mass is 201 g/mol. The Bertz CT molecular complexity index is 177. The van der Waals surface area contributed by atoms with Crippen LogP contribution >= 0.6 is 11.8 Å². The van der Waals surface area contributed by atoms with Gasteiger partial charge < -0.3 is 0 Å². The Balaban J connectivity index is 4.76. The van der Waals surface area contributed by atoms with Gasteiger partial charge >= 0.3 is 0 Å². The average molecular weight is 201 g/mol. The molecular formula is C11H23NS. The summed E-state index contributed by atoms with van der Waals surface area (Å²) in [5, 5.41) is 0.530. The van der Waals surface area contributed by atoms with Gasteiger partial charge in [-0.05, 0) is 27.0 Å². The lowest BCUT2D eigenvalue weighted by Crippen LogP contribution is -2.29. The second-order valence-corrected chi connectivity index (χ2v) is 5.91. The number of hydrogen-bond acceptors (Lipinski definition) is 2. The van der Waals surface area contributed by atoms with Crippen molar-refractivity contribution in [3.05, 3.63) is 0 Å². The van der Waals surface area contributed by atoms with E-state index in [9.17, 15) is 0 Å². The SMILES string of the molecule is CSC(C)C(=NC(C)C)C(C)(C)C. The quantitative estimate of drug-likeness (QED) is 0.635. The molecule has 0 aromatic carbocycles. The van der Waals surface area contributed by atoms with Crippen LogP contribution in [-0.2, 0) is 0 Å². The molecule has 0 aromatic heterocycles. The van der Waals surface area contributed by atoms with E-state index in [0.29, 0.717) is 11.3 Å². The van der Waals surface area contributed by atoms with Crippen LogP contribution in [-0.4, -0.2) is 23.3 Å². The summed E-state index contributed by atoms with van der Waals surface area (Å²) in [6.45, 7) is 13.2. The minimum absolute atomic E-state index is 0.201. The zero-order valence-corrected chi connectivity index (χ0v) is 10.8. The fraction of sp³-hybridized carbons (Fsp3) is 0.909. The van der Waals surface area contributed by atoms with E-state index in [1.54, 1.807) is 0 Å². The zero-order valence-electron chi connectivity index (χ0n) is 10.0. The lowest BCUT2D eigenvalue weighted by Gasteiger charge is -2.26. The van der Waals surface area contributed by atoms with Crippen LogP contribution in [0.3, 0.4) is 0 Å². The third kappa shape index (κ3) is 4.70. The van der Waals surface area contributed by atoms with Crippen molar-refractivity contribution in [2.75, 3.05) is 6.26 Å². The third-order valence-electron chi connectivity index (χ3n) is 1.90. The Labute approximate surface area is 87.4 Å². The van der Waals surface area contributed by atoms with Crippen molar-refractivity contribution in [3.63, 3.8) is 0 Å². The van der Waals surface area contributed by atoms with E-state index in [0.717, 1.165) is 0 Å². The van der Waals surface area contributed by atoms with Gasteiger partial charge in [-0.3, -0.25) is 4.99 Å². The average Bonchev–Trinajstić information content (AvgIpc) is 1.96. The molecule has 0 aliphatic carbocycles. The van der Waals surface area contributed by atoms with E-state index >= 15 is 0 Å². The molecule has 0 heterocycles. The molecule has 78 valence electrons. The maximum absolute atomic E-state index is 4.71. The summed E-state index contributed by atoms with van der Waals surface area (Å²) < 4.78 is 0. The van der Waals surface area contributed by atoms with Gasteiger partial charge in [0.2, 0.25) is 0 Å². The first-order valence-corrected chi connectivity index (χ1v) is 6.18. The van der Waals surface area contributed by atoms with Gasteiger partial charge in [-0.25, -0.2) is 0 Å². The first-order chi connectivity index (χ1) is 5.79. The van der Waals surface area contributed by atoms with E-state index in [4.69, 9.17) is 4.99 Å². The van der Waals surface area contributed by atoms with Crippen molar-refractivity contribution < 1.29 is 0 Å². The minimum Gasteiger partial charge on any atom is -0.290 e. The van der Waals surface area contributed by atoms with Crippen LogP contribution in [0.2, 0.25) is 0 Å². The molecule has 0 rings (SSSR count). The van der Waals surface area contributed by atoms with Crippen molar-refractivity contribution >= 4 is 17.5 Å². The van der Waals surface area contributed by atoms with Gasteiger partial charge in [0.25, 0.3) is 0 Å². The molecule has 0 bridgehead atoms. The lowest BCUT2D eigenvalue weighted by molar-refractivity contribution is 0.573. The molecule has 0 radical (unpaired) electrons. The molecule has 1 atom stereocenters. The normalized spacial score (nSPS) is 16.5. The number of nitrogens with zero attached hydrogens (tertiary/aromatic N) is 1. The van der Waals surface area contributed by atoms with E-state index in [2.05, 4.69) is 47.8 Å². The van der Waals surface area contributed by atoms with Gasteiger partial charge in [-0.2, -0.15) is 11.8 Å². The predicted molar refractivity (Wildman–Crippen MR) is 65.0 cm³/mol. The van der Waals surface area contributed by atoms with Crippen LogP contribution in [0.5, 0.6) is 0 Å². The molecule has 1 unspecified atom stereocenters. The standard InChI is InChI=1S/C11H23NS/c1-8(2)12-10(9(3)13-7)11(4,5)6/h8-9H,1-7H3. The van der Waals surface area contributed by atoms with Crippen LogP contribution in [0.25, 0.3) is 0 Å². The number of aliphatic imine (C=N–C) groups is 1. The molecule has 0 saturated heterocycles. The Hall–Kier alpha value is 0.0200. The minimum atomic E-state index is 0.201. The summed E-state index contributed by atoms with van der Waals surface area (Å²) in [6.07, 6.45) is 2.15. The molecule has 2 heteroatoms. The van der Waals surface area contributed by atoms with Crippen LogP contribution in [0.4, 0.5) is 0 Å². The molecule has 0 aliphatic rings. The molecule has 0 spiro atoms. The highest BCUT2D eigenvalue weighted by atomic mass is 32.2. The molecule has 13 heavy (non-hydrogen) atoms. The number of thioether (sulfide) groups is 1. The third-order valence-corrected chi connectivity index (χ3v) is 2.83. The van der Waals surface area contributed by atoms with Crippen LogP contribution < -0.4 is 0 Å². The number of hydrogen-bond donors (Lipinski definition) is 0. The first-order valence-electron chi connectivity index (χ1n) is 4.90. The summed E-state index contributed by atoms with van der Waals surface area (Å²) in [5.74, 6) is 0. The fourth-order valence-corrected chi connectivity index (χ4v) is 1.94. The van der Waals surface area contributed by atoms with Crippen LogP contribution in [0.15, 0.2) is 4.99 Å². The molecule has 0 aliphatic heterocycles. The van der Waals surface area contributed by atoms with Crippen LogP contribution in [0, 0.1) is 5.41 Å². The van der Waals surface area contributed by atoms with E-state index in [1.807, 2.05) is 11.8 Å². The molecule has 0 N–H and O–H groups in total. The van der Waals surface area contributed by atoms with Gasteiger partial charge in [-0.15, -0.1) is 0 Å². The predicted octanol–water partition coefficient (Wildman–Crippen LogP) is 3.63. The Morgan fingerprint density at radius 2 is 1.62 bits per heavy atom. The highest BCUT2D eigenvalue weighted by molar-refractivity contribution is 7.99. The highest BCUT2D eigenvalue weighted by Gasteiger charge is 2.23. The van der Waals surface area contributed by atoms with Crippen molar-refractivity contribution in [2.24, 2.45) is 10.4 Å². The number of rotatable bonds is 3. The van der Waals surface area contributed by atoms with E-state index < -0.39 is 0 Å². The highest BCUT2D eigenvalue weighted by Crippen LogP contribution is 2.24. The van der Waals surface area contributed by atoms with Gasteiger partial charge in [0.15, 0.2) is 0 Å². The van der Waals surface area contributed by atoms with Crippen molar-refractivity contribution in [1.82, 2.24) is 0 Å². The molecule has 1 nitrogen and oxygen atoms in total. The van der Waals surface area contributed by atoms with E-state index in [1.165, 1.54) is 5.71 Å². The Kier molecular flexibility index (Phi) is 5.05. The second kappa shape index (κ2) is 5.04. The fourth-order valence-electron chi connectivity index (χ4n) is 1.30. The molecule has 0 saturated carbocycles. The summed E-state index contributed by atoms with van der Waals surface area (Å²) in [6, 6.07) is 0.406. The van der Waals surface area contributed by atoms with Crippen molar-refractivity contribution in [3.8, 4) is 0 Å². The molecule has 0 amide bonds. The molecular weight excluding hydrogens is 178 g/mol. The van der Waals surface area contributed by atoms with Crippen LogP contribution in [0.1, 0.15) is 41.5 Å². The van der Waals surface area contributed by atoms with Gasteiger partial charge in [0.1, 0.15) is 0 Å². The Morgan fingerprint density at radius 1 is 1.15 bits per heavy atom. The smallest absolute Gasteiger partial charge is 0.0443 e. The Morgan fingerprint density at radius 3 is 1.85 bits per heavy atom. The summed E-state index contributed by atoms with van der Waals surface area (Å²) in [7, 11) is 0. The lowest BCUT2D eigenvalue weighted by atomic mass is 9.88. The summed E-state index contributed by atoms with van der Waals surface area (Å²) in [5.41, 5.74) is 1.53. The van der Waals surface area contributed by atoms with Gasteiger partial charge in [0.05, 0.1) is 0 Å². The van der Waals surface area contributed by atoms with Gasteiger partial charge in [-0.1, -0.05) is 20.8 Å². The second-order valence-electron chi connectivity index (χ2n) is 4.74. The zero-order chi connectivity index (χ0) is 10.6. The summed E-state index contributed by atoms with van der Waals surface area (Å²) in [4.78, 5) is 4.71. The molecule has 0 fully saturated rings. The van der Waals surface area contributed by atoms with Gasteiger partial charge in [0, 0.05) is 22.4 Å². The first kappa shape index (κ1) is 13.0. The van der Waals surface area contributed by atoms with Crippen molar-refractivity contribution in [1.29, 1.82) is 0 Å². The topological polar surface area (TPSA) is 12.4 Å². The van der Waals surface area contributed by atoms with Crippen molar-refractivity contribution in [2.45, 2.75) is 52.8 Å². The maximum Gasteiger partial charge on any atom is 0.0443 e.